The molecule has 0 saturated heterocycles. The fourth-order valence-corrected chi connectivity index (χ4v) is 6.63. The lowest BCUT2D eigenvalue weighted by Gasteiger charge is -2.25. The number of methoxy groups -OCH3 is 2. The number of hydrogen-bond donors (Lipinski definition) is 0. The van der Waals surface area contributed by atoms with Gasteiger partial charge in [0.2, 0.25) is 11.8 Å². The lowest BCUT2D eigenvalue weighted by molar-refractivity contribution is -0.117. The van der Waals surface area contributed by atoms with Crippen molar-refractivity contribution in [3.63, 3.8) is 0 Å². The van der Waals surface area contributed by atoms with Crippen molar-refractivity contribution in [3.8, 4) is 46.0 Å². The van der Waals surface area contributed by atoms with Crippen molar-refractivity contribution in [3.05, 3.63) is 156 Å². The number of rotatable bonds is 20. The van der Waals surface area contributed by atoms with Gasteiger partial charge in [-0.15, -0.1) is 0 Å². The van der Waals surface area contributed by atoms with E-state index < -0.39 is 28.4 Å². The van der Waals surface area contributed by atoms with Crippen LogP contribution in [0, 0.1) is 11.6 Å². The van der Waals surface area contributed by atoms with Gasteiger partial charge in [0.1, 0.15) is 72.6 Å². The van der Waals surface area contributed by atoms with Crippen LogP contribution in [-0.2, 0) is 37.0 Å². The van der Waals surface area contributed by atoms with Crippen LogP contribution in [0.1, 0.15) is 25.0 Å². The number of amides is 2. The minimum atomic E-state index is -3.60. The smallest absolute Gasteiger partial charge is 0.264 e. The first-order valence-electron chi connectivity index (χ1n) is 20.3. The molecule has 0 aliphatic rings. The monoisotopic (exact) mass is 929 g/mol. The largest absolute Gasteiger partial charge is 0.497 e. The molecule has 0 atom stereocenters. The van der Waals surface area contributed by atoms with E-state index in [-0.39, 0.29) is 56.1 Å². The molecule has 0 unspecified atom stereocenters. The summed E-state index contributed by atoms with van der Waals surface area (Å²) in [5.74, 6) is 1.81. The first-order valence-corrected chi connectivity index (χ1v) is 22.1. The van der Waals surface area contributed by atoms with Gasteiger partial charge in [0.05, 0.1) is 44.9 Å². The zero-order valence-electron chi connectivity index (χ0n) is 36.9. The molecule has 0 saturated carbocycles. The summed E-state index contributed by atoms with van der Waals surface area (Å²) in [6, 6.07) is 35.8. The lowest BCUT2D eigenvalue weighted by atomic mass is 10.1. The molecule has 2 amide bonds. The van der Waals surface area contributed by atoms with Crippen molar-refractivity contribution in [1.29, 1.82) is 0 Å². The van der Waals surface area contributed by atoms with E-state index in [2.05, 4.69) is 0 Å². The van der Waals surface area contributed by atoms with Crippen LogP contribution >= 0.6 is 0 Å². The van der Waals surface area contributed by atoms with Gasteiger partial charge in [0.25, 0.3) is 10.1 Å². The Morgan fingerprint density at radius 1 is 0.530 bits per heavy atom. The Bertz CT molecular complexity index is 2660. The molecule has 6 rings (SSSR count). The van der Waals surface area contributed by atoms with Crippen LogP contribution in [0.2, 0.25) is 0 Å². The standard InChI is InChI=1S/C25H26FNO7S.C24H23F2NO4/c1-18(28)27(23-16-20(26)9-11-25(23)34-21-7-5-4-6-8-21)17-19-15-22(31-2)10-12-24(19)32-13-14-33-35(3,29)30;1-17(28)27(16-18-14-21(29-2)9-11-23(18)30-13-12-25)22-15-19(26)8-10-24(22)31-20-6-4-3-5-7-20/h4-12,15-16H,13-14,17H2,1-3H3;3-11,14-15H,12-13,16H2,1-2H3/i;25-1. The summed E-state index contributed by atoms with van der Waals surface area (Å²) in [5, 5.41) is 0. The molecule has 0 radical (unpaired) electrons. The molecule has 0 spiro atoms. The fraction of sp³-hybridized carbons (Fsp3) is 0.224. The third-order valence-electron chi connectivity index (χ3n) is 9.29. The number of ether oxygens (including phenoxy) is 6. The summed E-state index contributed by atoms with van der Waals surface area (Å²) in [4.78, 5) is 28.0. The second-order valence-electron chi connectivity index (χ2n) is 14.1. The maximum Gasteiger partial charge on any atom is 0.264 e. The van der Waals surface area contributed by atoms with Gasteiger partial charge in [0.15, 0.2) is 11.5 Å². The fourth-order valence-electron chi connectivity index (χ4n) is 6.26. The van der Waals surface area contributed by atoms with Gasteiger partial charge in [-0.3, -0.25) is 13.8 Å². The number of hydrogen-bond acceptors (Lipinski definition) is 11. The van der Waals surface area contributed by atoms with E-state index >= 15 is 0 Å². The minimum absolute atomic E-state index is 0.00338. The number of nitrogens with zero attached hydrogens (tertiary/aromatic N) is 2. The van der Waals surface area contributed by atoms with Gasteiger partial charge in [-0.05, 0) is 84.9 Å². The van der Waals surface area contributed by atoms with Crippen LogP contribution in [0.3, 0.4) is 0 Å². The van der Waals surface area contributed by atoms with Gasteiger partial charge in [-0.25, -0.2) is 13.2 Å². The summed E-state index contributed by atoms with van der Waals surface area (Å²) >= 11 is 0. The highest BCUT2D eigenvalue weighted by atomic mass is 32.2. The highest BCUT2D eigenvalue weighted by Gasteiger charge is 2.23. The molecular weight excluding hydrogens is 881 g/mol. The topological polar surface area (TPSA) is 139 Å². The van der Waals surface area contributed by atoms with Gasteiger partial charge in [-0.2, -0.15) is 8.42 Å². The highest BCUT2D eigenvalue weighted by molar-refractivity contribution is 7.85. The zero-order valence-corrected chi connectivity index (χ0v) is 37.7. The predicted octanol–water partition coefficient (Wildman–Crippen LogP) is 10.1. The Kier molecular flexibility index (Phi) is 18.2. The van der Waals surface area contributed by atoms with Gasteiger partial charge < -0.3 is 38.2 Å². The number of para-hydroxylation sites is 2. The van der Waals surface area contributed by atoms with Crippen molar-refractivity contribution in [2.45, 2.75) is 26.9 Å². The molecule has 17 heteroatoms. The Morgan fingerprint density at radius 3 is 1.32 bits per heavy atom. The number of benzene rings is 6. The second-order valence-corrected chi connectivity index (χ2v) is 15.8. The lowest BCUT2D eigenvalue weighted by Crippen LogP contribution is -2.28. The summed E-state index contributed by atoms with van der Waals surface area (Å²) in [6.45, 7) is 1.78. The van der Waals surface area contributed by atoms with E-state index in [0.29, 0.717) is 57.1 Å². The van der Waals surface area contributed by atoms with Crippen LogP contribution < -0.4 is 38.2 Å². The zero-order chi connectivity index (χ0) is 47.6. The summed E-state index contributed by atoms with van der Waals surface area (Å²) < 4.78 is 102. The number of anilines is 2. The Hall–Kier alpha value is -7.24. The van der Waals surface area contributed by atoms with Crippen LogP contribution in [0.15, 0.2) is 133 Å². The molecule has 0 aliphatic heterocycles. The third-order valence-corrected chi connectivity index (χ3v) is 9.89. The summed E-state index contributed by atoms with van der Waals surface area (Å²) in [5.41, 5.74) is 1.62. The van der Waals surface area contributed by atoms with Crippen molar-refractivity contribution in [1.82, 2.24) is 0 Å². The van der Waals surface area contributed by atoms with Gasteiger partial charge in [-0.1, -0.05) is 36.4 Å². The molecule has 66 heavy (non-hydrogen) atoms. The number of carbonyl (C=O) groups excluding carboxylic acids is 2. The summed E-state index contributed by atoms with van der Waals surface area (Å²) in [6.07, 6.45) is 0.949. The van der Waals surface area contributed by atoms with Crippen molar-refractivity contribution in [2.75, 3.05) is 56.8 Å². The molecule has 0 heterocycles. The molecule has 0 fully saturated rings. The Labute approximate surface area is 381 Å². The predicted molar refractivity (Wildman–Crippen MR) is 243 cm³/mol. The average molecular weight is 930 g/mol. The van der Waals surface area contributed by atoms with Crippen molar-refractivity contribution >= 4 is 33.3 Å². The molecule has 0 aliphatic carbocycles. The average Bonchev–Trinajstić information content (AvgIpc) is 3.30. The van der Waals surface area contributed by atoms with E-state index in [9.17, 15) is 31.2 Å². The molecule has 13 nitrogen and oxygen atoms in total. The number of alkyl halides is 1. The quantitative estimate of drug-likeness (QED) is 0.0534. The molecule has 348 valence electrons. The molecule has 6 aromatic rings. The second kappa shape index (κ2) is 24.2. The van der Waals surface area contributed by atoms with Gasteiger partial charge >= 0.3 is 0 Å². The minimum Gasteiger partial charge on any atom is -0.497 e. The van der Waals surface area contributed by atoms with Crippen LogP contribution in [0.25, 0.3) is 0 Å². The first-order chi connectivity index (χ1) is 31.7. The third kappa shape index (κ3) is 14.9. The van der Waals surface area contributed by atoms with E-state index in [1.165, 1.54) is 74.3 Å². The highest BCUT2D eigenvalue weighted by Crippen LogP contribution is 2.38. The van der Waals surface area contributed by atoms with Crippen molar-refractivity contribution in [2.24, 2.45) is 0 Å². The van der Waals surface area contributed by atoms with E-state index in [1.54, 1.807) is 72.8 Å². The number of halogens is 3. The Morgan fingerprint density at radius 2 is 0.939 bits per heavy atom. The summed E-state index contributed by atoms with van der Waals surface area (Å²) in [7, 11) is -0.586. The molecule has 6 aromatic carbocycles. The first kappa shape index (κ1) is 49.8. The maximum absolute atomic E-state index is 14.2. The SMILES string of the molecule is COc1ccc(OCCOS(C)(=O)=O)c(CN(C(C)=O)c2cc(F)ccc2Oc2ccccc2)c1.COc1ccc(OCC[18F])c(CN(C(C)=O)c2cc(F)ccc2Oc2ccccc2)c1. The maximum atomic E-state index is 14.2. The molecule has 0 N–H and O–H groups in total. The number of carbonyl (C=O) groups is 2. The molecule has 0 bridgehead atoms. The molecular formula is C49H49F3N2O11S. The van der Waals surface area contributed by atoms with E-state index in [4.69, 9.17) is 32.6 Å². The Balaban J connectivity index is 0.000000249. The molecule has 0 aromatic heterocycles. The van der Waals surface area contributed by atoms with E-state index in [0.717, 1.165) is 6.26 Å². The van der Waals surface area contributed by atoms with Crippen LogP contribution in [0.4, 0.5) is 24.5 Å². The van der Waals surface area contributed by atoms with Gasteiger partial charge in [0, 0.05) is 37.1 Å². The normalized spacial score (nSPS) is 10.8. The van der Waals surface area contributed by atoms with E-state index in [1.807, 2.05) is 24.3 Å². The van der Waals surface area contributed by atoms with Crippen LogP contribution in [-0.4, -0.2) is 67.2 Å². The van der Waals surface area contributed by atoms with Crippen LogP contribution in [0.5, 0.6) is 46.0 Å². The van der Waals surface area contributed by atoms with Crippen molar-refractivity contribution < 1.29 is 63.8 Å².